The second kappa shape index (κ2) is 6.13. The highest BCUT2D eigenvalue weighted by Crippen LogP contribution is 2.46. The number of carbonyl (C=O) groups is 1. The van der Waals surface area contributed by atoms with Crippen LogP contribution in [-0.4, -0.2) is 34.5 Å². The minimum atomic E-state index is -1.06. The van der Waals surface area contributed by atoms with Crippen molar-refractivity contribution < 1.29 is 19.7 Å². The predicted octanol–water partition coefficient (Wildman–Crippen LogP) is 2.20. The molecule has 2 N–H and O–H groups in total. The molecule has 1 saturated carbocycles. The Morgan fingerprint density at radius 2 is 2.10 bits per heavy atom. The Morgan fingerprint density at radius 1 is 1.50 bits per heavy atom. The lowest BCUT2D eigenvalue weighted by molar-refractivity contribution is -0.152. The summed E-state index contributed by atoms with van der Waals surface area (Å²) in [5.41, 5.74) is 2.59. The van der Waals surface area contributed by atoms with E-state index in [1.54, 1.807) is 13.0 Å². The predicted molar refractivity (Wildman–Crippen MR) is 77.0 cm³/mol. The molecule has 0 radical (unpaired) electrons. The molecule has 0 aromatic rings. The third kappa shape index (κ3) is 4.20. The highest BCUT2D eigenvalue weighted by atomic mass is 16.5. The van der Waals surface area contributed by atoms with Crippen molar-refractivity contribution in [2.45, 2.75) is 59.2 Å². The number of rotatable bonds is 3. The van der Waals surface area contributed by atoms with E-state index in [2.05, 4.69) is 5.73 Å². The normalized spacial score (nSPS) is 30.4. The molecule has 0 bridgehead atoms. The fraction of sp³-hybridized carbons (Fsp3) is 0.750. The Morgan fingerprint density at radius 3 is 2.55 bits per heavy atom. The maximum absolute atomic E-state index is 11.1. The number of ether oxygens (including phenoxy) is 1. The molecule has 1 unspecified atom stereocenters. The monoisotopic (exact) mass is 282 g/mol. The third-order valence-corrected chi connectivity index (χ3v) is 3.71. The van der Waals surface area contributed by atoms with E-state index in [4.69, 9.17) is 9.84 Å². The van der Waals surface area contributed by atoms with E-state index < -0.39 is 5.60 Å². The Labute approximate surface area is 121 Å². The van der Waals surface area contributed by atoms with Crippen LogP contribution in [-0.2, 0) is 9.53 Å². The summed E-state index contributed by atoms with van der Waals surface area (Å²) in [4.78, 5) is 11.1. The number of hydrogen-bond acceptors (Lipinski definition) is 4. The van der Waals surface area contributed by atoms with Crippen molar-refractivity contribution in [3.63, 3.8) is 0 Å². The van der Waals surface area contributed by atoms with Gasteiger partial charge in [-0.05, 0) is 24.8 Å². The van der Waals surface area contributed by atoms with Gasteiger partial charge in [0.05, 0.1) is 5.60 Å². The van der Waals surface area contributed by atoms with Crippen LogP contribution in [0.15, 0.2) is 17.4 Å². The first kappa shape index (κ1) is 17.0. The van der Waals surface area contributed by atoms with Gasteiger partial charge in [0.2, 0.25) is 0 Å². The third-order valence-electron chi connectivity index (χ3n) is 3.71. The Balaban J connectivity index is 3.09. The van der Waals surface area contributed by atoms with Crippen LogP contribution in [0.4, 0.5) is 0 Å². The molecule has 0 aromatic heterocycles. The summed E-state index contributed by atoms with van der Waals surface area (Å²) >= 11 is 0. The van der Waals surface area contributed by atoms with E-state index in [0.29, 0.717) is 12.8 Å². The first-order valence-corrected chi connectivity index (χ1v) is 7.06. The summed E-state index contributed by atoms with van der Waals surface area (Å²) in [7, 11) is 0. The van der Waals surface area contributed by atoms with Crippen LogP contribution in [0.5, 0.6) is 0 Å². The van der Waals surface area contributed by atoms with Gasteiger partial charge in [0.1, 0.15) is 6.10 Å². The van der Waals surface area contributed by atoms with Crippen molar-refractivity contribution in [3.8, 4) is 0 Å². The summed E-state index contributed by atoms with van der Waals surface area (Å²) in [6.07, 6.45) is 2.54. The van der Waals surface area contributed by atoms with E-state index in [1.165, 1.54) is 6.92 Å². The molecule has 114 valence electrons. The van der Waals surface area contributed by atoms with Gasteiger partial charge in [0, 0.05) is 31.4 Å². The van der Waals surface area contributed by atoms with Crippen molar-refractivity contribution in [3.05, 3.63) is 17.4 Å². The maximum atomic E-state index is 11.1. The minimum absolute atomic E-state index is 0.000271. The zero-order valence-corrected chi connectivity index (χ0v) is 13.1. The standard InChI is InChI=1S/C16H26O4/c1-11(10-17)6-7-14-15(3,4)8-13(20-12(2)18)9-16(14,5)19/h6,11,13,17,19H,8-10H2,1-5H3/t7?,11?,13-,16+/m0/s1. The van der Waals surface area contributed by atoms with Gasteiger partial charge >= 0.3 is 5.97 Å². The van der Waals surface area contributed by atoms with Crippen LogP contribution >= 0.6 is 0 Å². The van der Waals surface area contributed by atoms with Crippen LogP contribution in [0.1, 0.15) is 47.5 Å². The van der Waals surface area contributed by atoms with Gasteiger partial charge in [-0.2, -0.15) is 0 Å². The molecular weight excluding hydrogens is 256 g/mol. The summed E-state index contributed by atoms with van der Waals surface area (Å²) in [5, 5.41) is 19.7. The lowest BCUT2D eigenvalue weighted by Crippen LogP contribution is -2.46. The van der Waals surface area contributed by atoms with Gasteiger partial charge in [-0.3, -0.25) is 4.79 Å². The van der Waals surface area contributed by atoms with Crippen molar-refractivity contribution in [1.29, 1.82) is 0 Å². The molecule has 20 heavy (non-hydrogen) atoms. The van der Waals surface area contributed by atoms with Gasteiger partial charge in [-0.25, -0.2) is 0 Å². The fourth-order valence-electron chi connectivity index (χ4n) is 2.96. The van der Waals surface area contributed by atoms with Crippen LogP contribution in [0.3, 0.4) is 0 Å². The van der Waals surface area contributed by atoms with Gasteiger partial charge < -0.3 is 14.9 Å². The highest BCUT2D eigenvalue weighted by Gasteiger charge is 2.46. The van der Waals surface area contributed by atoms with Gasteiger partial charge in [-0.15, -0.1) is 5.73 Å². The highest BCUT2D eigenvalue weighted by molar-refractivity contribution is 5.66. The van der Waals surface area contributed by atoms with Crippen LogP contribution in [0, 0.1) is 11.3 Å². The largest absolute Gasteiger partial charge is 0.462 e. The molecule has 1 fully saturated rings. The number of carbonyl (C=O) groups excluding carboxylic acids is 1. The lowest BCUT2D eigenvalue weighted by atomic mass is 9.65. The number of aliphatic hydroxyl groups excluding tert-OH is 1. The molecule has 0 saturated heterocycles. The molecule has 4 heteroatoms. The number of aliphatic hydroxyl groups is 2. The van der Waals surface area contributed by atoms with Crippen molar-refractivity contribution in [2.24, 2.45) is 11.3 Å². The quantitative estimate of drug-likeness (QED) is 0.615. The Kier molecular flexibility index (Phi) is 5.20. The lowest BCUT2D eigenvalue weighted by Gasteiger charge is -2.44. The second-order valence-electron chi connectivity index (χ2n) is 6.64. The zero-order chi connectivity index (χ0) is 15.6. The average molecular weight is 282 g/mol. The van der Waals surface area contributed by atoms with Crippen molar-refractivity contribution >= 4 is 5.97 Å². The molecular formula is C16H26O4. The van der Waals surface area contributed by atoms with E-state index in [1.807, 2.05) is 20.8 Å². The molecule has 0 amide bonds. The van der Waals surface area contributed by atoms with Crippen LogP contribution < -0.4 is 0 Å². The Hall–Kier alpha value is -1.09. The fourth-order valence-corrected chi connectivity index (χ4v) is 2.96. The number of esters is 1. The average Bonchev–Trinajstić information content (AvgIpc) is 2.24. The molecule has 4 nitrogen and oxygen atoms in total. The molecule has 0 aliphatic heterocycles. The molecule has 3 atom stereocenters. The Bertz CT molecular complexity index is 408. The molecule has 0 spiro atoms. The first-order chi connectivity index (χ1) is 9.08. The van der Waals surface area contributed by atoms with E-state index in [9.17, 15) is 9.90 Å². The summed E-state index contributed by atoms with van der Waals surface area (Å²) in [5.74, 6) is -0.321. The van der Waals surface area contributed by atoms with Gasteiger partial charge in [0.15, 0.2) is 0 Å². The first-order valence-electron chi connectivity index (χ1n) is 7.06. The molecule has 1 aliphatic carbocycles. The van der Waals surface area contributed by atoms with Crippen molar-refractivity contribution in [1.82, 2.24) is 0 Å². The maximum Gasteiger partial charge on any atom is 0.302 e. The topological polar surface area (TPSA) is 66.8 Å². The summed E-state index contributed by atoms with van der Waals surface area (Å²) in [6, 6.07) is 0. The van der Waals surface area contributed by atoms with Crippen LogP contribution in [0.2, 0.25) is 0 Å². The molecule has 1 aliphatic rings. The number of hydrogen-bond donors (Lipinski definition) is 2. The van der Waals surface area contributed by atoms with E-state index >= 15 is 0 Å². The van der Waals surface area contributed by atoms with Gasteiger partial charge in [-0.1, -0.05) is 20.8 Å². The van der Waals surface area contributed by atoms with E-state index in [-0.39, 0.29) is 30.0 Å². The minimum Gasteiger partial charge on any atom is -0.462 e. The summed E-state index contributed by atoms with van der Waals surface area (Å²) < 4.78 is 5.27. The van der Waals surface area contributed by atoms with E-state index in [0.717, 1.165) is 5.57 Å². The van der Waals surface area contributed by atoms with Crippen LogP contribution in [0.25, 0.3) is 0 Å². The zero-order valence-electron chi connectivity index (χ0n) is 13.1. The molecule has 0 heterocycles. The SMILES string of the molecule is CC(=O)O[C@H]1CC(C)(C)C(=C=CC(C)CO)[C@](C)(O)C1. The second-order valence-corrected chi connectivity index (χ2v) is 6.64. The van der Waals surface area contributed by atoms with Crippen molar-refractivity contribution in [2.75, 3.05) is 6.61 Å². The summed E-state index contributed by atoms with van der Waals surface area (Å²) in [6.45, 7) is 9.08. The van der Waals surface area contributed by atoms with Gasteiger partial charge in [0.25, 0.3) is 0 Å². The smallest absolute Gasteiger partial charge is 0.302 e. The molecule has 0 aromatic carbocycles. The molecule has 1 rings (SSSR count).